The predicted molar refractivity (Wildman–Crippen MR) is 85.0 cm³/mol. The van der Waals surface area contributed by atoms with Crippen LogP contribution in [0, 0.1) is 0 Å². The molecule has 0 saturated heterocycles. The van der Waals surface area contributed by atoms with Crippen molar-refractivity contribution in [2.45, 2.75) is 65.2 Å². The van der Waals surface area contributed by atoms with Gasteiger partial charge in [-0.2, -0.15) is 0 Å². The van der Waals surface area contributed by atoms with Crippen LogP contribution in [0.5, 0.6) is 5.75 Å². The molecule has 0 unspecified atom stereocenters. The van der Waals surface area contributed by atoms with Crippen molar-refractivity contribution in [3.63, 3.8) is 0 Å². The third-order valence-electron chi connectivity index (χ3n) is 4.73. The highest BCUT2D eigenvalue weighted by Crippen LogP contribution is 2.40. The van der Waals surface area contributed by atoms with Gasteiger partial charge in [-0.1, -0.05) is 47.6 Å². The van der Waals surface area contributed by atoms with E-state index in [2.05, 4.69) is 47.6 Å². The Balaban J connectivity index is 3.63. The summed E-state index contributed by atoms with van der Waals surface area (Å²) in [5.41, 5.74) is 3.04. The number of hydrogen-bond acceptors (Lipinski definition) is 2. The van der Waals surface area contributed by atoms with Gasteiger partial charge in [-0.05, 0) is 35.3 Å². The van der Waals surface area contributed by atoms with Gasteiger partial charge in [0, 0.05) is 5.56 Å². The maximum absolute atomic E-state index is 11.4. The van der Waals surface area contributed by atoms with E-state index in [-0.39, 0.29) is 10.8 Å². The number of carbonyl (C=O) groups is 1. The highest BCUT2D eigenvalue weighted by Gasteiger charge is 2.28. The standard InChI is InChI=1S/C18H28O2/c1-8-17(3,4)14-10-13(12-19)16(20-7)15(11-14)18(5,6)9-2/h10-12H,8-9H2,1-7H3. The molecule has 0 heterocycles. The number of benzene rings is 1. The number of carbonyl (C=O) groups excluding carboxylic acids is 1. The molecule has 0 amide bonds. The van der Waals surface area contributed by atoms with E-state index in [9.17, 15) is 4.79 Å². The van der Waals surface area contributed by atoms with Gasteiger partial charge in [-0.3, -0.25) is 4.79 Å². The van der Waals surface area contributed by atoms with Crippen LogP contribution in [0.1, 0.15) is 75.9 Å². The highest BCUT2D eigenvalue weighted by molar-refractivity contribution is 5.81. The largest absolute Gasteiger partial charge is 0.496 e. The van der Waals surface area contributed by atoms with E-state index in [1.807, 2.05) is 6.07 Å². The van der Waals surface area contributed by atoms with E-state index in [0.29, 0.717) is 5.56 Å². The van der Waals surface area contributed by atoms with Crippen molar-refractivity contribution < 1.29 is 9.53 Å². The molecule has 0 saturated carbocycles. The summed E-state index contributed by atoms with van der Waals surface area (Å²) in [4.78, 5) is 11.4. The Morgan fingerprint density at radius 3 is 2.00 bits per heavy atom. The molecule has 20 heavy (non-hydrogen) atoms. The van der Waals surface area contributed by atoms with Crippen LogP contribution in [0.15, 0.2) is 12.1 Å². The zero-order valence-corrected chi connectivity index (χ0v) is 14.0. The number of aldehydes is 1. The molecule has 0 atom stereocenters. The zero-order valence-electron chi connectivity index (χ0n) is 14.0. The number of rotatable bonds is 6. The molecule has 0 bridgehead atoms. The Morgan fingerprint density at radius 1 is 1.05 bits per heavy atom. The maximum Gasteiger partial charge on any atom is 0.153 e. The second kappa shape index (κ2) is 5.99. The molecule has 0 fully saturated rings. The number of methoxy groups -OCH3 is 1. The van der Waals surface area contributed by atoms with Crippen molar-refractivity contribution in [2.24, 2.45) is 0 Å². The van der Waals surface area contributed by atoms with Crippen molar-refractivity contribution in [1.82, 2.24) is 0 Å². The fourth-order valence-corrected chi connectivity index (χ4v) is 2.25. The lowest BCUT2D eigenvalue weighted by Crippen LogP contribution is -2.22. The first-order chi connectivity index (χ1) is 9.23. The van der Waals surface area contributed by atoms with Gasteiger partial charge in [0.15, 0.2) is 6.29 Å². The van der Waals surface area contributed by atoms with E-state index in [1.165, 1.54) is 5.56 Å². The second-order valence-corrected chi connectivity index (χ2v) is 6.74. The van der Waals surface area contributed by atoms with Crippen LogP contribution < -0.4 is 4.74 Å². The highest BCUT2D eigenvalue weighted by atomic mass is 16.5. The SMILES string of the molecule is CCC(C)(C)c1cc(C=O)c(OC)c(C(C)(C)CC)c1. The Hall–Kier alpha value is -1.31. The molecule has 0 N–H and O–H groups in total. The van der Waals surface area contributed by atoms with Gasteiger partial charge >= 0.3 is 0 Å². The van der Waals surface area contributed by atoms with Gasteiger partial charge in [0.25, 0.3) is 0 Å². The lowest BCUT2D eigenvalue weighted by molar-refractivity contribution is 0.112. The minimum atomic E-state index is -0.0110. The smallest absolute Gasteiger partial charge is 0.153 e. The summed E-state index contributed by atoms with van der Waals surface area (Å²) in [6.45, 7) is 13.2. The van der Waals surface area contributed by atoms with E-state index in [4.69, 9.17) is 4.74 Å². The summed E-state index contributed by atoms with van der Waals surface area (Å²) in [7, 11) is 1.64. The molecule has 0 radical (unpaired) electrons. The van der Waals surface area contributed by atoms with Crippen LogP contribution in [0.25, 0.3) is 0 Å². The first-order valence-electron chi connectivity index (χ1n) is 7.41. The molecule has 112 valence electrons. The summed E-state index contributed by atoms with van der Waals surface area (Å²) in [5.74, 6) is 0.725. The van der Waals surface area contributed by atoms with E-state index in [1.54, 1.807) is 7.11 Å². The summed E-state index contributed by atoms with van der Waals surface area (Å²) >= 11 is 0. The molecule has 0 aromatic heterocycles. The van der Waals surface area contributed by atoms with Crippen molar-refractivity contribution in [3.8, 4) is 5.75 Å². The molecule has 0 aliphatic heterocycles. The Labute approximate surface area is 123 Å². The van der Waals surface area contributed by atoms with Gasteiger partial charge < -0.3 is 4.74 Å². The van der Waals surface area contributed by atoms with Crippen molar-refractivity contribution >= 4 is 6.29 Å². The summed E-state index contributed by atoms with van der Waals surface area (Å²) in [5, 5.41) is 0. The van der Waals surface area contributed by atoms with Crippen molar-refractivity contribution in [3.05, 3.63) is 28.8 Å². The second-order valence-electron chi connectivity index (χ2n) is 6.74. The molecule has 2 nitrogen and oxygen atoms in total. The van der Waals surface area contributed by atoms with Crippen molar-refractivity contribution in [2.75, 3.05) is 7.11 Å². The summed E-state index contributed by atoms with van der Waals surface area (Å²) in [6, 6.07) is 4.20. The predicted octanol–water partition coefficient (Wildman–Crippen LogP) is 4.88. The van der Waals surface area contributed by atoms with E-state index < -0.39 is 0 Å². The molecular weight excluding hydrogens is 248 g/mol. The molecule has 0 spiro atoms. The zero-order chi connectivity index (χ0) is 15.6. The number of hydrogen-bond donors (Lipinski definition) is 0. The summed E-state index contributed by atoms with van der Waals surface area (Å²) < 4.78 is 5.53. The average molecular weight is 276 g/mol. The number of ether oxygens (including phenoxy) is 1. The Kier molecular flexibility index (Phi) is 5.01. The van der Waals surface area contributed by atoms with Crippen LogP contribution in [0.3, 0.4) is 0 Å². The van der Waals surface area contributed by atoms with Crippen LogP contribution >= 0.6 is 0 Å². The molecule has 1 rings (SSSR count). The van der Waals surface area contributed by atoms with Crippen LogP contribution in [-0.4, -0.2) is 13.4 Å². The maximum atomic E-state index is 11.4. The monoisotopic (exact) mass is 276 g/mol. The van der Waals surface area contributed by atoms with Crippen LogP contribution in [-0.2, 0) is 10.8 Å². The summed E-state index contributed by atoms with van der Waals surface area (Å²) in [6.07, 6.45) is 2.94. The average Bonchev–Trinajstić information content (AvgIpc) is 2.45. The molecular formula is C18H28O2. The minimum absolute atomic E-state index is 0.0110. The van der Waals surface area contributed by atoms with Crippen LogP contribution in [0.4, 0.5) is 0 Å². The topological polar surface area (TPSA) is 26.3 Å². The van der Waals surface area contributed by atoms with Gasteiger partial charge in [-0.15, -0.1) is 0 Å². The fraction of sp³-hybridized carbons (Fsp3) is 0.611. The lowest BCUT2D eigenvalue weighted by Gasteiger charge is -2.31. The molecule has 1 aromatic rings. The quantitative estimate of drug-likeness (QED) is 0.692. The van der Waals surface area contributed by atoms with Crippen LogP contribution in [0.2, 0.25) is 0 Å². The first-order valence-corrected chi connectivity index (χ1v) is 7.41. The third kappa shape index (κ3) is 3.05. The Bertz CT molecular complexity index is 484. The van der Waals surface area contributed by atoms with E-state index >= 15 is 0 Å². The van der Waals surface area contributed by atoms with Gasteiger partial charge in [0.2, 0.25) is 0 Å². The minimum Gasteiger partial charge on any atom is -0.496 e. The molecule has 0 aliphatic rings. The normalized spacial score (nSPS) is 12.3. The Morgan fingerprint density at radius 2 is 1.60 bits per heavy atom. The fourth-order valence-electron chi connectivity index (χ4n) is 2.25. The third-order valence-corrected chi connectivity index (χ3v) is 4.73. The molecule has 0 aliphatic carbocycles. The van der Waals surface area contributed by atoms with Gasteiger partial charge in [0.1, 0.15) is 5.75 Å². The lowest BCUT2D eigenvalue weighted by atomic mass is 9.75. The van der Waals surface area contributed by atoms with Crippen molar-refractivity contribution in [1.29, 1.82) is 0 Å². The van der Waals surface area contributed by atoms with E-state index in [0.717, 1.165) is 30.4 Å². The first kappa shape index (κ1) is 16.7. The molecule has 2 heteroatoms. The molecule has 1 aromatic carbocycles. The van der Waals surface area contributed by atoms with Gasteiger partial charge in [0.05, 0.1) is 12.7 Å². The van der Waals surface area contributed by atoms with Gasteiger partial charge in [-0.25, -0.2) is 0 Å².